The molecule has 0 aromatic heterocycles. The summed E-state index contributed by atoms with van der Waals surface area (Å²) >= 11 is 0. The van der Waals surface area contributed by atoms with Crippen molar-refractivity contribution in [2.45, 2.75) is 13.0 Å². The van der Waals surface area contributed by atoms with Crippen LogP contribution in [0.3, 0.4) is 0 Å². The lowest BCUT2D eigenvalue weighted by Gasteiger charge is -2.10. The molecule has 0 atom stereocenters. The number of anilines is 1. The first-order valence-corrected chi connectivity index (χ1v) is 9.54. The molecular formula is C17H20FN3O3S. The Morgan fingerprint density at radius 2 is 1.76 bits per heavy atom. The summed E-state index contributed by atoms with van der Waals surface area (Å²) in [5, 5.41) is 5.35. The first-order valence-electron chi connectivity index (χ1n) is 7.65. The highest BCUT2D eigenvalue weighted by atomic mass is 32.2. The Kier molecular flexibility index (Phi) is 6.35. The van der Waals surface area contributed by atoms with Gasteiger partial charge >= 0.3 is 6.03 Å². The molecule has 0 spiro atoms. The minimum Gasteiger partial charge on any atom is -0.338 e. The summed E-state index contributed by atoms with van der Waals surface area (Å²) in [4.78, 5) is 11.7. The Balaban J connectivity index is 1.78. The van der Waals surface area contributed by atoms with Gasteiger partial charge in [-0.3, -0.25) is 4.72 Å². The van der Waals surface area contributed by atoms with Gasteiger partial charge < -0.3 is 10.6 Å². The Morgan fingerprint density at radius 3 is 2.40 bits per heavy atom. The van der Waals surface area contributed by atoms with Crippen LogP contribution >= 0.6 is 0 Å². The molecule has 0 fully saturated rings. The van der Waals surface area contributed by atoms with Gasteiger partial charge in [0.15, 0.2) is 0 Å². The molecule has 0 aliphatic heterocycles. The number of amides is 2. The highest BCUT2D eigenvalue weighted by molar-refractivity contribution is 7.92. The molecule has 2 aromatic rings. The molecule has 0 saturated carbocycles. The summed E-state index contributed by atoms with van der Waals surface area (Å²) < 4.78 is 38.1. The number of sulfonamides is 1. The van der Waals surface area contributed by atoms with E-state index in [9.17, 15) is 17.6 Å². The van der Waals surface area contributed by atoms with Crippen molar-refractivity contribution in [3.63, 3.8) is 0 Å². The number of hydrogen-bond donors (Lipinski definition) is 3. The summed E-state index contributed by atoms with van der Waals surface area (Å²) in [5.41, 5.74) is 1.52. The van der Waals surface area contributed by atoms with Gasteiger partial charge in [0.1, 0.15) is 5.82 Å². The van der Waals surface area contributed by atoms with E-state index < -0.39 is 15.8 Å². The third-order valence-electron chi connectivity index (χ3n) is 3.32. The van der Waals surface area contributed by atoms with Gasteiger partial charge in [-0.05, 0) is 29.7 Å². The van der Waals surface area contributed by atoms with Gasteiger partial charge in [0.25, 0.3) is 0 Å². The van der Waals surface area contributed by atoms with Crippen molar-refractivity contribution in [1.82, 2.24) is 10.6 Å². The number of nitrogens with one attached hydrogen (secondary N) is 3. The molecule has 0 radical (unpaired) electrons. The number of benzene rings is 2. The Labute approximate surface area is 146 Å². The van der Waals surface area contributed by atoms with Gasteiger partial charge in [-0.25, -0.2) is 17.6 Å². The second-order valence-corrected chi connectivity index (χ2v) is 7.28. The Bertz CT molecular complexity index is 826. The molecular weight excluding hydrogens is 345 g/mol. The molecule has 2 rings (SSSR count). The summed E-state index contributed by atoms with van der Waals surface area (Å²) in [6, 6.07) is 13.5. The highest BCUT2D eigenvalue weighted by Crippen LogP contribution is 2.16. The normalized spacial score (nSPS) is 11.0. The number of rotatable bonds is 7. The molecule has 0 aliphatic carbocycles. The number of halogens is 1. The smallest absolute Gasteiger partial charge is 0.315 e. The number of urea groups is 1. The van der Waals surface area contributed by atoms with E-state index in [2.05, 4.69) is 15.4 Å². The van der Waals surface area contributed by atoms with Gasteiger partial charge in [0.05, 0.1) is 11.9 Å². The molecule has 0 bridgehead atoms. The maximum atomic E-state index is 13.8. The van der Waals surface area contributed by atoms with Crippen LogP contribution in [0.4, 0.5) is 14.9 Å². The molecule has 134 valence electrons. The van der Waals surface area contributed by atoms with Crippen LogP contribution in [-0.2, 0) is 23.0 Å². The summed E-state index contributed by atoms with van der Waals surface area (Å²) in [6.07, 6.45) is 1.66. The van der Waals surface area contributed by atoms with E-state index in [0.717, 1.165) is 18.2 Å². The van der Waals surface area contributed by atoms with Crippen LogP contribution in [-0.4, -0.2) is 27.2 Å². The molecule has 25 heavy (non-hydrogen) atoms. The zero-order valence-electron chi connectivity index (χ0n) is 13.8. The molecule has 0 unspecified atom stereocenters. The predicted molar refractivity (Wildman–Crippen MR) is 95.3 cm³/mol. The van der Waals surface area contributed by atoms with Crippen LogP contribution in [0.1, 0.15) is 11.1 Å². The average Bonchev–Trinajstić information content (AvgIpc) is 2.55. The van der Waals surface area contributed by atoms with E-state index in [1.54, 1.807) is 6.07 Å². The van der Waals surface area contributed by atoms with Crippen LogP contribution in [0, 0.1) is 5.82 Å². The first kappa shape index (κ1) is 18.7. The number of carbonyl (C=O) groups excluding carboxylic acids is 1. The standard InChI is InChI=1S/C17H20FN3O3S/c1-25(23,24)21-16-8-7-14(11-15(16)18)12-20-17(22)19-10-9-13-5-3-2-4-6-13/h2-8,11,21H,9-10,12H2,1H3,(H2,19,20,22). The molecule has 0 saturated heterocycles. The van der Waals surface area contributed by atoms with Crippen molar-refractivity contribution in [2.24, 2.45) is 0 Å². The van der Waals surface area contributed by atoms with Crippen molar-refractivity contribution in [1.29, 1.82) is 0 Å². The zero-order chi connectivity index (χ0) is 18.3. The fourth-order valence-electron chi connectivity index (χ4n) is 2.16. The van der Waals surface area contributed by atoms with Gasteiger partial charge in [0, 0.05) is 13.1 Å². The lowest BCUT2D eigenvalue weighted by molar-refractivity contribution is 0.240. The van der Waals surface area contributed by atoms with Crippen molar-refractivity contribution in [2.75, 3.05) is 17.5 Å². The van der Waals surface area contributed by atoms with Crippen molar-refractivity contribution >= 4 is 21.7 Å². The fraction of sp³-hybridized carbons (Fsp3) is 0.235. The van der Waals surface area contributed by atoms with Crippen LogP contribution in [0.25, 0.3) is 0 Å². The largest absolute Gasteiger partial charge is 0.338 e. The van der Waals surface area contributed by atoms with Gasteiger partial charge in [-0.2, -0.15) is 0 Å². The van der Waals surface area contributed by atoms with Crippen LogP contribution in [0.15, 0.2) is 48.5 Å². The minimum atomic E-state index is -3.54. The molecule has 0 heterocycles. The van der Waals surface area contributed by atoms with Gasteiger partial charge in [-0.15, -0.1) is 0 Å². The highest BCUT2D eigenvalue weighted by Gasteiger charge is 2.09. The SMILES string of the molecule is CS(=O)(=O)Nc1ccc(CNC(=O)NCCc2ccccc2)cc1F. The third kappa shape index (κ3) is 6.80. The van der Waals surface area contributed by atoms with Gasteiger partial charge in [-0.1, -0.05) is 36.4 Å². The van der Waals surface area contributed by atoms with Crippen LogP contribution in [0.2, 0.25) is 0 Å². The summed E-state index contributed by atoms with van der Waals surface area (Å²) in [5.74, 6) is -0.700. The van der Waals surface area contributed by atoms with Crippen molar-refractivity contribution in [3.05, 3.63) is 65.5 Å². The summed E-state index contributed by atoms with van der Waals surface area (Å²) in [6.45, 7) is 0.620. The number of carbonyl (C=O) groups is 1. The van der Waals surface area contributed by atoms with E-state index in [0.29, 0.717) is 12.1 Å². The van der Waals surface area contributed by atoms with E-state index in [1.807, 2.05) is 30.3 Å². The van der Waals surface area contributed by atoms with Gasteiger partial charge in [0.2, 0.25) is 10.0 Å². The maximum Gasteiger partial charge on any atom is 0.315 e. The monoisotopic (exact) mass is 365 g/mol. The number of hydrogen-bond acceptors (Lipinski definition) is 3. The third-order valence-corrected chi connectivity index (χ3v) is 3.91. The fourth-order valence-corrected chi connectivity index (χ4v) is 2.73. The average molecular weight is 365 g/mol. The first-order chi connectivity index (χ1) is 11.8. The quantitative estimate of drug-likeness (QED) is 0.703. The lowest BCUT2D eigenvalue weighted by Crippen LogP contribution is -2.36. The predicted octanol–water partition coefficient (Wildman–Crippen LogP) is 2.24. The Morgan fingerprint density at radius 1 is 1.04 bits per heavy atom. The molecule has 2 amide bonds. The van der Waals surface area contributed by atoms with E-state index in [4.69, 9.17) is 0 Å². The van der Waals surface area contributed by atoms with Crippen molar-refractivity contribution in [3.8, 4) is 0 Å². The van der Waals surface area contributed by atoms with E-state index in [-0.39, 0.29) is 18.3 Å². The lowest BCUT2D eigenvalue weighted by atomic mass is 10.1. The molecule has 0 aliphatic rings. The molecule has 3 N–H and O–H groups in total. The topological polar surface area (TPSA) is 87.3 Å². The Hall–Kier alpha value is -2.61. The van der Waals surface area contributed by atoms with E-state index in [1.165, 1.54) is 12.1 Å². The molecule has 8 heteroatoms. The second kappa shape index (κ2) is 8.48. The minimum absolute atomic E-state index is 0.126. The van der Waals surface area contributed by atoms with E-state index >= 15 is 0 Å². The van der Waals surface area contributed by atoms with Crippen LogP contribution < -0.4 is 15.4 Å². The zero-order valence-corrected chi connectivity index (χ0v) is 14.6. The molecule has 2 aromatic carbocycles. The molecule has 6 nitrogen and oxygen atoms in total. The van der Waals surface area contributed by atoms with Crippen LogP contribution in [0.5, 0.6) is 0 Å². The summed E-state index contributed by atoms with van der Waals surface area (Å²) in [7, 11) is -3.54. The second-order valence-electron chi connectivity index (χ2n) is 5.53. The van der Waals surface area contributed by atoms with Crippen molar-refractivity contribution < 1.29 is 17.6 Å². The maximum absolute atomic E-state index is 13.8.